The zero-order valence-corrected chi connectivity index (χ0v) is 10.5. The molecule has 2 aromatic rings. The third kappa shape index (κ3) is 2.48. The molecule has 17 heavy (non-hydrogen) atoms. The summed E-state index contributed by atoms with van der Waals surface area (Å²) < 4.78 is 0. The van der Waals surface area contributed by atoms with E-state index in [9.17, 15) is 0 Å². The zero-order chi connectivity index (χ0) is 11.7. The quantitative estimate of drug-likeness (QED) is 0.820. The Morgan fingerprint density at radius 1 is 1.35 bits per heavy atom. The first kappa shape index (κ1) is 11.1. The molecule has 3 rings (SSSR count). The molecule has 1 aliphatic rings. The summed E-state index contributed by atoms with van der Waals surface area (Å²) >= 11 is 1.82. The van der Waals surface area contributed by atoms with Gasteiger partial charge in [0, 0.05) is 11.8 Å². The van der Waals surface area contributed by atoms with E-state index in [-0.39, 0.29) is 0 Å². The van der Waals surface area contributed by atoms with E-state index in [1.807, 2.05) is 30.0 Å². The molecule has 0 aliphatic heterocycles. The van der Waals surface area contributed by atoms with Gasteiger partial charge in [-0.15, -0.1) is 0 Å². The normalized spacial score (nSPS) is 24.5. The van der Waals surface area contributed by atoms with Crippen molar-refractivity contribution in [3.05, 3.63) is 24.3 Å². The number of H-pyrrole nitrogens is 1. The number of hydrogen-bond donors (Lipinski definition) is 2. The number of nitrogens with two attached hydrogens (primary N) is 1. The molecule has 0 radical (unpaired) electrons. The lowest BCUT2D eigenvalue weighted by Gasteiger charge is -2.06. The molecule has 1 aromatic heterocycles. The Morgan fingerprint density at radius 3 is 3.00 bits per heavy atom. The number of rotatable bonds is 3. The van der Waals surface area contributed by atoms with Gasteiger partial charge < -0.3 is 10.7 Å². The van der Waals surface area contributed by atoms with E-state index in [0.29, 0.717) is 6.04 Å². The fraction of sp³-hybridized carbons (Fsp3) is 0.462. The topological polar surface area (TPSA) is 54.7 Å². The highest BCUT2D eigenvalue weighted by atomic mass is 32.2. The predicted molar refractivity (Wildman–Crippen MR) is 72.1 cm³/mol. The summed E-state index contributed by atoms with van der Waals surface area (Å²) in [5, 5.41) is 1.03. The van der Waals surface area contributed by atoms with Crippen molar-refractivity contribution in [2.24, 2.45) is 11.7 Å². The van der Waals surface area contributed by atoms with Gasteiger partial charge in [-0.25, -0.2) is 4.98 Å². The fourth-order valence-corrected chi connectivity index (χ4v) is 3.50. The number of nitrogens with zero attached hydrogens (tertiary/aromatic N) is 1. The lowest BCUT2D eigenvalue weighted by atomic mass is 10.1. The molecular weight excluding hydrogens is 230 g/mol. The maximum atomic E-state index is 5.92. The summed E-state index contributed by atoms with van der Waals surface area (Å²) in [5.41, 5.74) is 8.10. The molecule has 0 spiro atoms. The van der Waals surface area contributed by atoms with Crippen LogP contribution in [0.25, 0.3) is 11.0 Å². The van der Waals surface area contributed by atoms with Crippen LogP contribution in [0, 0.1) is 5.92 Å². The molecule has 0 unspecified atom stereocenters. The van der Waals surface area contributed by atoms with Crippen molar-refractivity contribution in [2.75, 3.05) is 5.75 Å². The minimum Gasteiger partial charge on any atom is -0.333 e. The predicted octanol–water partition coefficient (Wildman–Crippen LogP) is 2.78. The van der Waals surface area contributed by atoms with Crippen LogP contribution in [0.4, 0.5) is 0 Å². The van der Waals surface area contributed by atoms with Crippen molar-refractivity contribution in [2.45, 2.75) is 30.5 Å². The smallest absolute Gasteiger partial charge is 0.166 e. The SMILES string of the molecule is N[C@@H]1CC[C@H](CSc2nc3ccccc3[nH]2)C1. The molecule has 2 atom stereocenters. The van der Waals surface area contributed by atoms with Crippen molar-refractivity contribution in [3.8, 4) is 0 Å². The van der Waals surface area contributed by atoms with Crippen LogP contribution in [-0.2, 0) is 0 Å². The van der Waals surface area contributed by atoms with Crippen LogP contribution < -0.4 is 5.73 Å². The Bertz CT molecular complexity index is 475. The lowest BCUT2D eigenvalue weighted by molar-refractivity contribution is 0.603. The second kappa shape index (κ2) is 4.70. The highest BCUT2D eigenvalue weighted by molar-refractivity contribution is 7.99. The van der Waals surface area contributed by atoms with Crippen LogP contribution in [-0.4, -0.2) is 21.8 Å². The summed E-state index contributed by atoms with van der Waals surface area (Å²) in [6, 6.07) is 8.59. The van der Waals surface area contributed by atoms with Gasteiger partial charge in [0.1, 0.15) is 0 Å². The van der Waals surface area contributed by atoms with E-state index < -0.39 is 0 Å². The minimum absolute atomic E-state index is 0.427. The Labute approximate surface area is 105 Å². The van der Waals surface area contributed by atoms with E-state index in [2.05, 4.69) is 16.0 Å². The maximum absolute atomic E-state index is 5.92. The molecule has 0 amide bonds. The highest BCUT2D eigenvalue weighted by Crippen LogP contribution is 2.30. The molecule has 1 aliphatic carbocycles. The van der Waals surface area contributed by atoms with Crippen LogP contribution in [0.1, 0.15) is 19.3 Å². The van der Waals surface area contributed by atoms with Crippen LogP contribution in [0.2, 0.25) is 0 Å². The van der Waals surface area contributed by atoms with Gasteiger partial charge in [0.05, 0.1) is 11.0 Å². The number of thioether (sulfide) groups is 1. The number of para-hydroxylation sites is 2. The number of imidazole rings is 1. The largest absolute Gasteiger partial charge is 0.333 e. The van der Waals surface area contributed by atoms with Crippen molar-refractivity contribution >= 4 is 22.8 Å². The zero-order valence-electron chi connectivity index (χ0n) is 9.73. The van der Waals surface area contributed by atoms with Gasteiger partial charge in [-0.2, -0.15) is 0 Å². The van der Waals surface area contributed by atoms with Gasteiger partial charge in [0.15, 0.2) is 5.16 Å². The second-order valence-corrected chi connectivity index (χ2v) is 5.82. The third-order valence-electron chi connectivity index (χ3n) is 3.41. The van der Waals surface area contributed by atoms with E-state index in [1.165, 1.54) is 19.3 Å². The number of nitrogens with one attached hydrogen (secondary N) is 1. The molecule has 0 saturated heterocycles. The summed E-state index contributed by atoms with van der Waals surface area (Å²) in [6.07, 6.45) is 3.63. The van der Waals surface area contributed by atoms with Gasteiger partial charge in [-0.05, 0) is 37.3 Å². The Kier molecular flexibility index (Phi) is 3.07. The van der Waals surface area contributed by atoms with Crippen molar-refractivity contribution in [1.82, 2.24) is 9.97 Å². The second-order valence-electron chi connectivity index (χ2n) is 4.81. The Hall–Kier alpha value is -1.00. The van der Waals surface area contributed by atoms with Gasteiger partial charge in [-0.1, -0.05) is 23.9 Å². The van der Waals surface area contributed by atoms with E-state index in [1.54, 1.807) is 0 Å². The first-order valence-corrected chi connectivity index (χ1v) is 7.13. The lowest BCUT2D eigenvalue weighted by Crippen LogP contribution is -2.15. The van der Waals surface area contributed by atoms with Crippen LogP contribution in [0.15, 0.2) is 29.4 Å². The molecule has 1 aromatic carbocycles. The van der Waals surface area contributed by atoms with Crippen LogP contribution in [0.3, 0.4) is 0 Å². The third-order valence-corrected chi connectivity index (χ3v) is 4.51. The molecule has 4 heteroatoms. The molecule has 1 fully saturated rings. The van der Waals surface area contributed by atoms with E-state index >= 15 is 0 Å². The summed E-state index contributed by atoms with van der Waals surface area (Å²) in [6.45, 7) is 0. The van der Waals surface area contributed by atoms with Crippen LogP contribution >= 0.6 is 11.8 Å². The average Bonchev–Trinajstić information content (AvgIpc) is 2.91. The standard InChI is InChI=1S/C13H17N3S/c14-10-6-5-9(7-10)8-17-13-15-11-3-1-2-4-12(11)16-13/h1-4,9-10H,5-8,14H2,(H,15,16)/t9-,10+/m0/s1. The van der Waals surface area contributed by atoms with E-state index in [4.69, 9.17) is 5.73 Å². The number of aromatic amines is 1. The average molecular weight is 247 g/mol. The Balaban J connectivity index is 1.65. The van der Waals surface area contributed by atoms with Gasteiger partial charge in [-0.3, -0.25) is 0 Å². The maximum Gasteiger partial charge on any atom is 0.166 e. The molecule has 0 bridgehead atoms. The summed E-state index contributed by atoms with van der Waals surface area (Å²) in [4.78, 5) is 7.92. The number of hydrogen-bond acceptors (Lipinski definition) is 3. The fourth-order valence-electron chi connectivity index (χ4n) is 2.46. The van der Waals surface area contributed by atoms with Crippen molar-refractivity contribution in [1.29, 1.82) is 0 Å². The van der Waals surface area contributed by atoms with Crippen molar-refractivity contribution < 1.29 is 0 Å². The minimum atomic E-state index is 0.427. The van der Waals surface area contributed by atoms with Gasteiger partial charge >= 0.3 is 0 Å². The van der Waals surface area contributed by atoms with E-state index in [0.717, 1.165) is 27.9 Å². The molecular formula is C13H17N3S. The molecule has 90 valence electrons. The molecule has 3 nitrogen and oxygen atoms in total. The molecule has 1 heterocycles. The number of aromatic nitrogens is 2. The number of fused-ring (bicyclic) bond motifs is 1. The first-order chi connectivity index (χ1) is 8.31. The number of benzene rings is 1. The highest BCUT2D eigenvalue weighted by Gasteiger charge is 2.21. The van der Waals surface area contributed by atoms with Crippen LogP contribution in [0.5, 0.6) is 0 Å². The summed E-state index contributed by atoms with van der Waals surface area (Å²) in [7, 11) is 0. The van der Waals surface area contributed by atoms with Crippen molar-refractivity contribution in [3.63, 3.8) is 0 Å². The summed E-state index contributed by atoms with van der Waals surface area (Å²) in [5.74, 6) is 1.90. The van der Waals surface area contributed by atoms with Gasteiger partial charge in [0.25, 0.3) is 0 Å². The van der Waals surface area contributed by atoms with Gasteiger partial charge in [0.2, 0.25) is 0 Å². The monoisotopic (exact) mass is 247 g/mol. The Morgan fingerprint density at radius 2 is 2.24 bits per heavy atom. The first-order valence-electron chi connectivity index (χ1n) is 6.14. The molecule has 1 saturated carbocycles. The molecule has 3 N–H and O–H groups in total.